The molecule has 0 saturated heterocycles. The van der Waals surface area contributed by atoms with E-state index in [9.17, 15) is 14.4 Å². The van der Waals surface area contributed by atoms with Crippen molar-refractivity contribution >= 4 is 23.4 Å². The Hall–Kier alpha value is -3.19. The number of hydrogen-bond acceptors (Lipinski definition) is 4. The predicted octanol–water partition coefficient (Wildman–Crippen LogP) is 1.77. The molecule has 0 aromatic heterocycles. The van der Waals surface area contributed by atoms with Crippen LogP contribution in [0.5, 0.6) is 0 Å². The Morgan fingerprint density at radius 2 is 1.62 bits per heavy atom. The lowest BCUT2D eigenvalue weighted by atomic mass is 10.2. The maximum absolute atomic E-state index is 12.7. The highest BCUT2D eigenvalue weighted by Gasteiger charge is 2.18. The van der Waals surface area contributed by atoms with Gasteiger partial charge in [0.25, 0.3) is 0 Å². The number of amides is 3. The monoisotopic (exact) mass is 396 g/mol. The maximum Gasteiger partial charge on any atom is 0.238 e. The fraction of sp³-hybridized carbons (Fsp3) is 0.318. The van der Waals surface area contributed by atoms with Crippen LogP contribution in [0.1, 0.15) is 17.5 Å². The number of primary amides is 1. The van der Waals surface area contributed by atoms with Crippen molar-refractivity contribution in [3.05, 3.63) is 65.7 Å². The quantitative estimate of drug-likeness (QED) is 0.640. The molecule has 2 aromatic carbocycles. The molecule has 0 aliphatic carbocycles. The molecule has 2 aromatic rings. The van der Waals surface area contributed by atoms with Gasteiger partial charge in [-0.3, -0.25) is 19.3 Å². The minimum Gasteiger partial charge on any atom is -0.370 e. The number of anilines is 1. The molecule has 0 unspecified atom stereocenters. The summed E-state index contributed by atoms with van der Waals surface area (Å²) in [6.45, 7) is 2.74. The standard InChI is InChI=1S/C22H28N4O3/c1-17-8-10-19(11-9-17)24-21(28)15-25(2)16-22(29)26(13-12-20(23)27)14-18-6-4-3-5-7-18/h3-11H,12-16H2,1-2H3,(H2,23,27)(H,24,28). The molecule has 0 aliphatic rings. The van der Waals surface area contributed by atoms with Crippen LogP contribution >= 0.6 is 0 Å². The molecule has 0 saturated carbocycles. The second-order valence-corrected chi connectivity index (χ2v) is 7.10. The minimum absolute atomic E-state index is 0.0624. The number of carbonyl (C=O) groups is 3. The van der Waals surface area contributed by atoms with Gasteiger partial charge < -0.3 is 16.0 Å². The van der Waals surface area contributed by atoms with E-state index >= 15 is 0 Å². The number of benzene rings is 2. The van der Waals surface area contributed by atoms with Gasteiger partial charge in [-0.25, -0.2) is 0 Å². The summed E-state index contributed by atoms with van der Waals surface area (Å²) in [5, 5.41) is 2.82. The van der Waals surface area contributed by atoms with E-state index < -0.39 is 5.91 Å². The number of nitrogens with zero attached hydrogens (tertiary/aromatic N) is 2. The predicted molar refractivity (Wildman–Crippen MR) is 113 cm³/mol. The molecule has 0 bridgehead atoms. The van der Waals surface area contributed by atoms with E-state index in [4.69, 9.17) is 5.73 Å². The smallest absolute Gasteiger partial charge is 0.238 e. The SMILES string of the molecule is Cc1ccc(NC(=O)CN(C)CC(=O)N(CCC(N)=O)Cc2ccccc2)cc1. The highest BCUT2D eigenvalue weighted by atomic mass is 16.2. The summed E-state index contributed by atoms with van der Waals surface area (Å²) >= 11 is 0. The van der Waals surface area contributed by atoms with Gasteiger partial charge >= 0.3 is 0 Å². The molecule has 7 heteroatoms. The van der Waals surface area contributed by atoms with Crippen molar-refractivity contribution in [2.45, 2.75) is 19.9 Å². The Morgan fingerprint density at radius 3 is 2.24 bits per heavy atom. The van der Waals surface area contributed by atoms with E-state index in [1.54, 1.807) is 16.8 Å². The molecule has 0 aliphatic heterocycles. The van der Waals surface area contributed by atoms with Gasteiger partial charge in [-0.1, -0.05) is 48.0 Å². The van der Waals surface area contributed by atoms with Crippen molar-refractivity contribution in [1.82, 2.24) is 9.80 Å². The van der Waals surface area contributed by atoms with E-state index in [1.165, 1.54) is 0 Å². The molecule has 154 valence electrons. The third-order valence-corrected chi connectivity index (χ3v) is 4.35. The van der Waals surface area contributed by atoms with Gasteiger partial charge in [-0.15, -0.1) is 0 Å². The van der Waals surface area contributed by atoms with Gasteiger partial charge in [0.1, 0.15) is 0 Å². The van der Waals surface area contributed by atoms with Gasteiger partial charge in [0.05, 0.1) is 13.1 Å². The zero-order valence-corrected chi connectivity index (χ0v) is 16.9. The number of carbonyl (C=O) groups excluding carboxylic acids is 3. The van der Waals surface area contributed by atoms with Crippen molar-refractivity contribution in [1.29, 1.82) is 0 Å². The number of aryl methyl sites for hydroxylation is 1. The number of hydrogen-bond donors (Lipinski definition) is 2. The van der Waals surface area contributed by atoms with Crippen LogP contribution in [0.15, 0.2) is 54.6 Å². The Labute approximate surface area is 171 Å². The van der Waals surface area contributed by atoms with Gasteiger partial charge in [0, 0.05) is 25.2 Å². The number of rotatable bonds is 10. The second kappa shape index (κ2) is 11.0. The third-order valence-electron chi connectivity index (χ3n) is 4.35. The van der Waals surface area contributed by atoms with Crippen molar-refractivity contribution in [3.8, 4) is 0 Å². The molecule has 0 spiro atoms. The molecule has 0 atom stereocenters. The Kier molecular flexibility index (Phi) is 8.36. The summed E-state index contributed by atoms with van der Waals surface area (Å²) < 4.78 is 0. The minimum atomic E-state index is -0.457. The van der Waals surface area contributed by atoms with E-state index in [0.717, 1.165) is 11.1 Å². The maximum atomic E-state index is 12.7. The van der Waals surface area contributed by atoms with Crippen LogP contribution in [-0.4, -0.2) is 54.2 Å². The first kappa shape index (κ1) is 22.1. The van der Waals surface area contributed by atoms with Crippen LogP contribution in [0, 0.1) is 6.92 Å². The Bertz CT molecular complexity index is 822. The van der Waals surface area contributed by atoms with Crippen molar-refractivity contribution in [2.24, 2.45) is 5.73 Å². The van der Waals surface area contributed by atoms with E-state index in [-0.39, 0.29) is 37.9 Å². The topological polar surface area (TPSA) is 95.7 Å². The molecular weight excluding hydrogens is 368 g/mol. The summed E-state index contributed by atoms with van der Waals surface area (Å²) in [4.78, 5) is 39.4. The lowest BCUT2D eigenvalue weighted by molar-refractivity contribution is -0.133. The molecule has 2 rings (SSSR count). The van der Waals surface area contributed by atoms with Gasteiger partial charge in [0.2, 0.25) is 17.7 Å². The average Bonchev–Trinajstić information content (AvgIpc) is 2.67. The lowest BCUT2D eigenvalue weighted by Crippen LogP contribution is -2.42. The van der Waals surface area contributed by atoms with Crippen molar-refractivity contribution in [3.63, 3.8) is 0 Å². The first-order chi connectivity index (χ1) is 13.8. The molecule has 0 fully saturated rings. The first-order valence-corrected chi connectivity index (χ1v) is 9.48. The molecule has 0 radical (unpaired) electrons. The number of nitrogens with one attached hydrogen (secondary N) is 1. The molecule has 3 N–H and O–H groups in total. The average molecular weight is 396 g/mol. The normalized spacial score (nSPS) is 10.6. The van der Waals surface area contributed by atoms with Crippen LogP contribution in [0.4, 0.5) is 5.69 Å². The largest absolute Gasteiger partial charge is 0.370 e. The van der Waals surface area contributed by atoms with Crippen molar-refractivity contribution < 1.29 is 14.4 Å². The lowest BCUT2D eigenvalue weighted by Gasteiger charge is -2.25. The molecule has 0 heterocycles. The summed E-state index contributed by atoms with van der Waals surface area (Å²) in [5.74, 6) is -0.821. The zero-order valence-electron chi connectivity index (χ0n) is 16.9. The van der Waals surface area contributed by atoms with Crippen LogP contribution in [0.3, 0.4) is 0 Å². The molecular formula is C22H28N4O3. The van der Waals surface area contributed by atoms with Crippen LogP contribution in [0.25, 0.3) is 0 Å². The summed E-state index contributed by atoms with van der Waals surface area (Å²) in [6.07, 6.45) is 0.0935. The highest BCUT2D eigenvalue weighted by molar-refractivity contribution is 5.92. The Morgan fingerprint density at radius 1 is 0.966 bits per heavy atom. The second-order valence-electron chi connectivity index (χ2n) is 7.10. The van der Waals surface area contributed by atoms with Gasteiger partial charge in [-0.2, -0.15) is 0 Å². The fourth-order valence-electron chi connectivity index (χ4n) is 2.81. The fourth-order valence-corrected chi connectivity index (χ4v) is 2.81. The molecule has 29 heavy (non-hydrogen) atoms. The summed E-state index contributed by atoms with van der Waals surface area (Å²) in [6, 6.07) is 17.0. The summed E-state index contributed by atoms with van der Waals surface area (Å²) in [7, 11) is 1.71. The number of nitrogens with two attached hydrogens (primary N) is 1. The Balaban J connectivity index is 1.91. The van der Waals surface area contributed by atoms with Crippen LogP contribution < -0.4 is 11.1 Å². The third kappa shape index (κ3) is 8.15. The van der Waals surface area contributed by atoms with Crippen LogP contribution in [0.2, 0.25) is 0 Å². The van der Waals surface area contributed by atoms with Gasteiger partial charge in [0.15, 0.2) is 0 Å². The van der Waals surface area contributed by atoms with E-state index in [0.29, 0.717) is 12.2 Å². The molecule has 7 nitrogen and oxygen atoms in total. The highest BCUT2D eigenvalue weighted by Crippen LogP contribution is 2.09. The van der Waals surface area contributed by atoms with E-state index in [2.05, 4.69) is 5.32 Å². The first-order valence-electron chi connectivity index (χ1n) is 9.48. The van der Waals surface area contributed by atoms with Gasteiger partial charge in [-0.05, 0) is 31.7 Å². The zero-order chi connectivity index (χ0) is 21.2. The van der Waals surface area contributed by atoms with Crippen molar-refractivity contribution in [2.75, 3.05) is 32.0 Å². The van der Waals surface area contributed by atoms with Crippen LogP contribution in [-0.2, 0) is 20.9 Å². The molecule has 3 amide bonds. The summed E-state index contributed by atoms with van der Waals surface area (Å²) in [5.41, 5.74) is 8.03. The number of likely N-dealkylation sites (N-methyl/N-ethyl adjacent to an activating group) is 1. The van der Waals surface area contributed by atoms with E-state index in [1.807, 2.05) is 61.5 Å².